The molecule has 7 heteroatoms. The number of alkyl halides is 3. The zero-order valence-electron chi connectivity index (χ0n) is 12.3. The number of hydrogen-bond acceptors (Lipinski definition) is 3. The van der Waals surface area contributed by atoms with Crippen molar-refractivity contribution in [1.29, 1.82) is 0 Å². The molecule has 1 atom stereocenters. The van der Waals surface area contributed by atoms with Crippen molar-refractivity contribution in [1.82, 2.24) is 0 Å². The summed E-state index contributed by atoms with van der Waals surface area (Å²) >= 11 is 0. The lowest BCUT2D eigenvalue weighted by atomic mass is 10.0. The molecule has 126 valence electrons. The van der Waals surface area contributed by atoms with Gasteiger partial charge in [-0.05, 0) is 53.5 Å². The van der Waals surface area contributed by atoms with Crippen LogP contribution < -0.4 is 4.74 Å². The summed E-state index contributed by atoms with van der Waals surface area (Å²) in [6.07, 6.45) is -2.36. The number of phenols is 1. The first-order chi connectivity index (χ1) is 11.3. The first kappa shape index (κ1) is 16.6. The smallest absolute Gasteiger partial charge is 0.508 e. The van der Waals surface area contributed by atoms with Crippen LogP contribution in [0.25, 0.3) is 11.6 Å². The molecule has 1 heterocycles. The molecule has 24 heavy (non-hydrogen) atoms. The van der Waals surface area contributed by atoms with Crippen molar-refractivity contribution in [2.45, 2.75) is 17.7 Å². The maximum Gasteiger partial charge on any atom is 0.573 e. The Morgan fingerprint density at radius 2 is 1.79 bits per heavy atom. The summed E-state index contributed by atoms with van der Waals surface area (Å²) in [7, 11) is -1.24. The first-order valence-electron chi connectivity index (χ1n) is 7.10. The molecule has 2 aromatic carbocycles. The predicted molar refractivity (Wildman–Crippen MR) is 85.0 cm³/mol. The lowest BCUT2D eigenvalue weighted by Gasteiger charge is -2.10. The van der Waals surface area contributed by atoms with Crippen molar-refractivity contribution in [3.05, 3.63) is 53.6 Å². The summed E-state index contributed by atoms with van der Waals surface area (Å²) in [5.41, 5.74) is 2.34. The molecule has 0 radical (unpaired) electrons. The average Bonchev–Trinajstić information content (AvgIpc) is 2.66. The zero-order chi connectivity index (χ0) is 17.3. The Morgan fingerprint density at radius 3 is 2.46 bits per heavy atom. The van der Waals surface area contributed by atoms with Gasteiger partial charge in [0.1, 0.15) is 11.5 Å². The maximum absolute atomic E-state index is 12.3. The zero-order valence-corrected chi connectivity index (χ0v) is 13.2. The van der Waals surface area contributed by atoms with E-state index in [1.165, 1.54) is 24.3 Å². The second kappa shape index (κ2) is 6.32. The van der Waals surface area contributed by atoms with Crippen molar-refractivity contribution >= 4 is 22.4 Å². The first-order valence-corrected chi connectivity index (χ1v) is 8.42. The van der Waals surface area contributed by atoms with Gasteiger partial charge in [0.2, 0.25) is 0 Å². The van der Waals surface area contributed by atoms with Crippen molar-refractivity contribution < 1.29 is 27.2 Å². The molecule has 0 saturated heterocycles. The Morgan fingerprint density at radius 1 is 1.08 bits per heavy atom. The average molecular weight is 354 g/mol. The fourth-order valence-electron chi connectivity index (χ4n) is 2.51. The molecule has 0 aromatic heterocycles. The van der Waals surface area contributed by atoms with Crippen LogP contribution in [-0.2, 0) is 10.8 Å². The Balaban J connectivity index is 1.92. The Hall–Kier alpha value is -2.28. The second-order valence-electron chi connectivity index (χ2n) is 5.26. The second-order valence-corrected chi connectivity index (χ2v) is 6.80. The number of hydrogen-bond donors (Lipinski definition) is 1. The molecule has 0 saturated carbocycles. The molecule has 1 unspecified atom stereocenters. The van der Waals surface area contributed by atoms with E-state index in [9.17, 15) is 22.5 Å². The van der Waals surface area contributed by atoms with Crippen LogP contribution in [0, 0.1) is 0 Å². The molecule has 3 nitrogen and oxygen atoms in total. The van der Waals surface area contributed by atoms with E-state index in [0.29, 0.717) is 17.1 Å². The molecule has 2 aromatic rings. The van der Waals surface area contributed by atoms with Crippen LogP contribution in [0.15, 0.2) is 47.4 Å². The van der Waals surface area contributed by atoms with E-state index in [2.05, 4.69) is 4.74 Å². The fourth-order valence-corrected chi connectivity index (χ4v) is 3.78. The summed E-state index contributed by atoms with van der Waals surface area (Å²) in [5.74, 6) is 0.144. The minimum atomic E-state index is -4.72. The van der Waals surface area contributed by atoms with Gasteiger partial charge in [-0.15, -0.1) is 13.2 Å². The Labute approximate surface area is 138 Å². The van der Waals surface area contributed by atoms with Gasteiger partial charge in [0.25, 0.3) is 0 Å². The third-order valence-corrected chi connectivity index (χ3v) is 5.01. The Bertz CT molecular complexity index is 811. The quantitative estimate of drug-likeness (QED) is 0.873. The fraction of sp³-hybridized carbons (Fsp3) is 0.176. The monoisotopic (exact) mass is 354 g/mol. The molecule has 1 N–H and O–H groups in total. The highest BCUT2D eigenvalue weighted by molar-refractivity contribution is 7.85. The van der Waals surface area contributed by atoms with Gasteiger partial charge in [0.05, 0.1) is 10.8 Å². The normalized spacial score (nSPS) is 17.6. The van der Waals surface area contributed by atoms with E-state index in [4.69, 9.17) is 0 Å². The lowest BCUT2D eigenvalue weighted by Crippen LogP contribution is -2.17. The highest BCUT2D eigenvalue weighted by atomic mass is 32.2. The molecule has 0 amide bonds. The SMILES string of the molecule is O=S1CCC(c2ccc(OC(F)(F)F)cc2)=Cc2ccc(O)cc21. The number of rotatable bonds is 2. The molecule has 0 bridgehead atoms. The van der Waals surface area contributed by atoms with E-state index >= 15 is 0 Å². The molecule has 1 aliphatic heterocycles. The van der Waals surface area contributed by atoms with Crippen LogP contribution >= 0.6 is 0 Å². The molecule has 0 fully saturated rings. The van der Waals surface area contributed by atoms with Gasteiger partial charge in [-0.2, -0.15) is 0 Å². The molecule has 0 spiro atoms. The van der Waals surface area contributed by atoms with E-state index < -0.39 is 17.2 Å². The number of allylic oxidation sites excluding steroid dienone is 1. The van der Waals surface area contributed by atoms with Crippen molar-refractivity contribution in [3.8, 4) is 11.5 Å². The standard InChI is InChI=1S/C17H13F3O3S/c18-17(19,20)23-15-5-2-11(3-6-15)12-7-8-24(22)16-10-14(21)4-1-13(16)9-12/h1-6,9-10,21H,7-8H2. The summed E-state index contributed by atoms with van der Waals surface area (Å²) < 4.78 is 52.7. The summed E-state index contributed by atoms with van der Waals surface area (Å²) in [5, 5.41) is 9.54. The van der Waals surface area contributed by atoms with Crippen LogP contribution in [0.4, 0.5) is 13.2 Å². The van der Waals surface area contributed by atoms with E-state index in [1.807, 2.05) is 6.08 Å². The van der Waals surface area contributed by atoms with Gasteiger partial charge in [-0.3, -0.25) is 4.21 Å². The molecule has 3 rings (SSSR count). The number of aromatic hydroxyl groups is 1. The van der Waals surface area contributed by atoms with E-state index in [1.54, 1.807) is 18.2 Å². The predicted octanol–water partition coefficient (Wildman–Crippen LogP) is 4.34. The van der Waals surface area contributed by atoms with E-state index in [-0.39, 0.29) is 11.5 Å². The van der Waals surface area contributed by atoms with Gasteiger partial charge in [0.15, 0.2) is 0 Å². The number of fused-ring (bicyclic) bond motifs is 1. The topological polar surface area (TPSA) is 46.5 Å². The number of halogens is 3. The summed E-state index contributed by atoms with van der Waals surface area (Å²) in [6.45, 7) is 0. The van der Waals surface area contributed by atoms with Gasteiger partial charge in [0, 0.05) is 10.6 Å². The van der Waals surface area contributed by atoms with Crippen LogP contribution in [0.2, 0.25) is 0 Å². The van der Waals surface area contributed by atoms with Crippen LogP contribution in [0.3, 0.4) is 0 Å². The van der Waals surface area contributed by atoms with Crippen molar-refractivity contribution in [2.24, 2.45) is 0 Å². The van der Waals surface area contributed by atoms with Gasteiger partial charge >= 0.3 is 6.36 Å². The largest absolute Gasteiger partial charge is 0.573 e. The molecule has 1 aliphatic rings. The minimum absolute atomic E-state index is 0.0487. The number of ether oxygens (including phenoxy) is 1. The summed E-state index contributed by atoms with van der Waals surface area (Å²) in [4.78, 5) is 0.557. The van der Waals surface area contributed by atoms with Gasteiger partial charge in [-0.1, -0.05) is 18.2 Å². The molecular weight excluding hydrogens is 341 g/mol. The molecular formula is C17H13F3O3S. The van der Waals surface area contributed by atoms with Crippen LogP contribution in [-0.4, -0.2) is 21.4 Å². The van der Waals surface area contributed by atoms with Crippen molar-refractivity contribution in [3.63, 3.8) is 0 Å². The highest BCUT2D eigenvalue weighted by Crippen LogP contribution is 2.32. The molecule has 0 aliphatic carbocycles. The van der Waals surface area contributed by atoms with Crippen LogP contribution in [0.5, 0.6) is 11.5 Å². The number of phenolic OH excluding ortho intramolecular Hbond substituents is 1. The lowest BCUT2D eigenvalue weighted by molar-refractivity contribution is -0.274. The maximum atomic E-state index is 12.3. The van der Waals surface area contributed by atoms with Crippen LogP contribution in [0.1, 0.15) is 17.5 Å². The van der Waals surface area contributed by atoms with Gasteiger partial charge in [-0.25, -0.2) is 0 Å². The van der Waals surface area contributed by atoms with Crippen molar-refractivity contribution in [2.75, 3.05) is 5.75 Å². The third kappa shape index (κ3) is 3.79. The third-order valence-electron chi connectivity index (χ3n) is 3.59. The minimum Gasteiger partial charge on any atom is -0.508 e. The highest BCUT2D eigenvalue weighted by Gasteiger charge is 2.31. The summed E-state index contributed by atoms with van der Waals surface area (Å²) in [6, 6.07) is 10.3. The van der Waals surface area contributed by atoms with E-state index in [0.717, 1.165) is 16.7 Å². The Kier molecular flexibility index (Phi) is 4.36. The van der Waals surface area contributed by atoms with Gasteiger partial charge < -0.3 is 9.84 Å². The number of benzene rings is 2.